The fraction of sp³-hybridized carbons (Fsp3) is 0.600. The molecule has 1 aromatic heterocycles. The number of ketones is 1. The van der Waals surface area contributed by atoms with Crippen LogP contribution in [0.1, 0.15) is 48.9 Å². The number of aromatic nitrogens is 1. The number of rotatable bonds is 2. The van der Waals surface area contributed by atoms with Crippen molar-refractivity contribution < 1.29 is 9.53 Å². The highest BCUT2D eigenvalue weighted by atomic mass is 35.5. The van der Waals surface area contributed by atoms with Crippen LogP contribution in [0.2, 0.25) is 5.15 Å². The van der Waals surface area contributed by atoms with Crippen LogP contribution in [0.5, 0.6) is 0 Å². The zero-order valence-corrected chi connectivity index (χ0v) is 11.7. The second-order valence-electron chi connectivity index (χ2n) is 5.66. The third-order valence-corrected chi connectivity index (χ3v) is 4.60. The van der Waals surface area contributed by atoms with Crippen molar-refractivity contribution in [3.8, 4) is 0 Å². The Labute approximate surface area is 118 Å². The van der Waals surface area contributed by atoms with E-state index in [0.717, 1.165) is 25.7 Å². The topological polar surface area (TPSA) is 39.2 Å². The van der Waals surface area contributed by atoms with E-state index in [-0.39, 0.29) is 17.3 Å². The molecular weight excluding hydrogens is 262 g/mol. The van der Waals surface area contributed by atoms with E-state index in [1.807, 2.05) is 0 Å². The lowest BCUT2D eigenvalue weighted by atomic mass is 9.81. The van der Waals surface area contributed by atoms with Gasteiger partial charge in [-0.3, -0.25) is 4.79 Å². The van der Waals surface area contributed by atoms with Crippen molar-refractivity contribution in [3.05, 3.63) is 29.0 Å². The molecule has 0 radical (unpaired) electrons. The van der Waals surface area contributed by atoms with Gasteiger partial charge in [0.05, 0.1) is 5.60 Å². The van der Waals surface area contributed by atoms with Crippen molar-refractivity contribution >= 4 is 17.4 Å². The van der Waals surface area contributed by atoms with Crippen molar-refractivity contribution in [2.24, 2.45) is 5.92 Å². The van der Waals surface area contributed by atoms with Gasteiger partial charge in [-0.25, -0.2) is 4.98 Å². The van der Waals surface area contributed by atoms with Crippen LogP contribution >= 0.6 is 11.6 Å². The van der Waals surface area contributed by atoms with Gasteiger partial charge in [0.1, 0.15) is 5.15 Å². The molecule has 0 aromatic carbocycles. The molecule has 1 aliphatic heterocycles. The summed E-state index contributed by atoms with van der Waals surface area (Å²) in [5, 5.41) is 0.383. The van der Waals surface area contributed by atoms with E-state index >= 15 is 0 Å². The van der Waals surface area contributed by atoms with Gasteiger partial charge in [0.2, 0.25) is 0 Å². The molecule has 2 aliphatic rings. The van der Waals surface area contributed by atoms with Crippen molar-refractivity contribution in [2.75, 3.05) is 6.61 Å². The third kappa shape index (κ3) is 2.67. The van der Waals surface area contributed by atoms with E-state index in [2.05, 4.69) is 4.98 Å². The van der Waals surface area contributed by atoms with Gasteiger partial charge in [-0.1, -0.05) is 24.4 Å². The maximum Gasteiger partial charge on any atom is 0.166 e. The van der Waals surface area contributed by atoms with Crippen LogP contribution in [0.15, 0.2) is 18.3 Å². The van der Waals surface area contributed by atoms with Gasteiger partial charge >= 0.3 is 0 Å². The Hall–Kier alpha value is -0.930. The lowest BCUT2D eigenvalue weighted by Gasteiger charge is -2.37. The number of carbonyl (C=O) groups is 1. The van der Waals surface area contributed by atoms with Crippen LogP contribution in [0, 0.1) is 5.92 Å². The van der Waals surface area contributed by atoms with Crippen molar-refractivity contribution in [2.45, 2.75) is 44.1 Å². The first-order valence-electron chi connectivity index (χ1n) is 6.98. The van der Waals surface area contributed by atoms with Gasteiger partial charge in [0, 0.05) is 24.3 Å². The summed E-state index contributed by atoms with van der Waals surface area (Å²) in [4.78, 5) is 16.5. The Bertz CT molecular complexity index is 483. The first-order valence-corrected chi connectivity index (χ1v) is 7.36. The predicted octanol–water partition coefficient (Wildman–Crippen LogP) is 3.66. The summed E-state index contributed by atoms with van der Waals surface area (Å²) in [6.07, 6.45) is 7.94. The second-order valence-corrected chi connectivity index (χ2v) is 6.05. The normalized spacial score (nSPS) is 25.6. The van der Waals surface area contributed by atoms with Gasteiger partial charge in [0.15, 0.2) is 5.78 Å². The molecule has 3 nitrogen and oxygen atoms in total. The SMILES string of the molecule is O=C(c1ccnc(Cl)c1)C1CCOC2(CCCC2)C1. The zero-order valence-electron chi connectivity index (χ0n) is 10.9. The molecule has 1 atom stereocenters. The van der Waals surface area contributed by atoms with Gasteiger partial charge in [0.25, 0.3) is 0 Å². The van der Waals surface area contributed by atoms with Gasteiger partial charge < -0.3 is 4.74 Å². The number of ether oxygens (including phenoxy) is 1. The van der Waals surface area contributed by atoms with Crippen LogP contribution in [0.4, 0.5) is 0 Å². The number of hydrogen-bond donors (Lipinski definition) is 0. The highest BCUT2D eigenvalue weighted by molar-refractivity contribution is 6.29. The molecule has 1 unspecified atom stereocenters. The highest BCUT2D eigenvalue weighted by Crippen LogP contribution is 2.42. The fourth-order valence-electron chi connectivity index (χ4n) is 3.41. The highest BCUT2D eigenvalue weighted by Gasteiger charge is 2.41. The monoisotopic (exact) mass is 279 g/mol. The third-order valence-electron chi connectivity index (χ3n) is 4.39. The van der Waals surface area contributed by atoms with E-state index in [1.165, 1.54) is 12.8 Å². The molecule has 0 bridgehead atoms. The molecule has 1 saturated heterocycles. The van der Waals surface area contributed by atoms with Gasteiger partial charge in [-0.05, 0) is 37.8 Å². The number of pyridine rings is 1. The largest absolute Gasteiger partial charge is 0.375 e. The average Bonchev–Trinajstić information content (AvgIpc) is 2.86. The summed E-state index contributed by atoms with van der Waals surface area (Å²) in [6.45, 7) is 0.704. The number of Topliss-reactive ketones (excluding diaryl/α,β-unsaturated/α-hetero) is 1. The summed E-state index contributed by atoms with van der Waals surface area (Å²) in [5.74, 6) is 0.268. The first-order chi connectivity index (χ1) is 9.19. The smallest absolute Gasteiger partial charge is 0.166 e. The van der Waals surface area contributed by atoms with Crippen LogP contribution in [-0.4, -0.2) is 23.0 Å². The lowest BCUT2D eigenvalue weighted by Crippen LogP contribution is -2.39. The van der Waals surface area contributed by atoms with Crippen LogP contribution in [0.25, 0.3) is 0 Å². The zero-order chi connectivity index (χ0) is 13.3. The standard InChI is InChI=1S/C15H18ClNO2/c16-13-9-11(3-7-17-13)14(18)12-4-8-19-15(10-12)5-1-2-6-15/h3,7,9,12H,1-2,4-6,8,10H2. The number of carbonyl (C=O) groups excluding carboxylic acids is 1. The number of halogens is 1. The molecule has 3 rings (SSSR count). The summed E-state index contributed by atoms with van der Waals surface area (Å²) in [6, 6.07) is 3.42. The fourth-order valence-corrected chi connectivity index (χ4v) is 3.58. The Morgan fingerprint density at radius 1 is 1.42 bits per heavy atom. The van der Waals surface area contributed by atoms with Crippen LogP contribution in [0.3, 0.4) is 0 Å². The molecule has 1 aliphatic carbocycles. The van der Waals surface area contributed by atoms with Crippen molar-refractivity contribution in [1.29, 1.82) is 0 Å². The minimum atomic E-state index is -0.0185. The van der Waals surface area contributed by atoms with Crippen LogP contribution in [-0.2, 0) is 4.74 Å². The molecule has 2 fully saturated rings. The van der Waals surface area contributed by atoms with E-state index < -0.39 is 0 Å². The molecular formula is C15H18ClNO2. The lowest BCUT2D eigenvalue weighted by molar-refractivity contribution is -0.0866. The predicted molar refractivity (Wildman–Crippen MR) is 73.5 cm³/mol. The molecule has 4 heteroatoms. The summed E-state index contributed by atoms with van der Waals surface area (Å²) >= 11 is 5.86. The molecule has 19 heavy (non-hydrogen) atoms. The van der Waals surface area contributed by atoms with E-state index in [9.17, 15) is 4.79 Å². The first kappa shape index (κ1) is 13.1. The minimum absolute atomic E-state index is 0.0185. The molecule has 102 valence electrons. The Morgan fingerprint density at radius 2 is 2.21 bits per heavy atom. The Kier molecular flexibility index (Phi) is 3.59. The van der Waals surface area contributed by atoms with E-state index in [4.69, 9.17) is 16.3 Å². The molecule has 2 heterocycles. The number of hydrogen-bond acceptors (Lipinski definition) is 3. The molecule has 1 aromatic rings. The maximum absolute atomic E-state index is 12.6. The Morgan fingerprint density at radius 3 is 2.95 bits per heavy atom. The summed E-state index contributed by atoms with van der Waals surface area (Å²) in [7, 11) is 0. The quantitative estimate of drug-likeness (QED) is 0.613. The summed E-state index contributed by atoms with van der Waals surface area (Å²) < 4.78 is 5.98. The molecule has 0 amide bonds. The second kappa shape index (κ2) is 5.22. The van der Waals surface area contributed by atoms with Gasteiger partial charge in [-0.15, -0.1) is 0 Å². The van der Waals surface area contributed by atoms with Crippen molar-refractivity contribution in [1.82, 2.24) is 4.98 Å². The molecule has 1 spiro atoms. The molecule has 0 N–H and O–H groups in total. The van der Waals surface area contributed by atoms with E-state index in [0.29, 0.717) is 17.3 Å². The minimum Gasteiger partial charge on any atom is -0.375 e. The average molecular weight is 280 g/mol. The van der Waals surface area contributed by atoms with Crippen LogP contribution < -0.4 is 0 Å². The summed E-state index contributed by atoms with van der Waals surface area (Å²) in [5.41, 5.74) is 0.662. The van der Waals surface area contributed by atoms with Gasteiger partial charge in [-0.2, -0.15) is 0 Å². The maximum atomic E-state index is 12.6. The molecule has 1 saturated carbocycles. The Balaban J connectivity index is 1.76. The van der Waals surface area contributed by atoms with Crippen molar-refractivity contribution in [3.63, 3.8) is 0 Å². The van der Waals surface area contributed by atoms with E-state index in [1.54, 1.807) is 18.3 Å². The number of nitrogens with zero attached hydrogens (tertiary/aromatic N) is 1.